The molecule has 1 rings (SSSR count). The van der Waals surface area contributed by atoms with Crippen LogP contribution < -0.4 is 5.73 Å². The van der Waals surface area contributed by atoms with Crippen molar-refractivity contribution in [3.63, 3.8) is 0 Å². The van der Waals surface area contributed by atoms with Crippen molar-refractivity contribution in [1.82, 2.24) is 4.90 Å². The molecule has 0 bridgehead atoms. The van der Waals surface area contributed by atoms with E-state index in [1.54, 1.807) is 13.2 Å². The zero-order valence-electron chi connectivity index (χ0n) is 10.0. The molecule has 1 aliphatic heterocycles. The number of ether oxygens (including phenoxy) is 1. The second-order valence-corrected chi connectivity index (χ2v) is 4.35. The third-order valence-corrected chi connectivity index (χ3v) is 3.07. The summed E-state index contributed by atoms with van der Waals surface area (Å²) in [5.41, 5.74) is 5.76. The van der Waals surface area contributed by atoms with Gasteiger partial charge in [-0.1, -0.05) is 6.08 Å². The monoisotopic (exact) mass is 226 g/mol. The molecule has 0 aromatic rings. The predicted molar refractivity (Wildman–Crippen MR) is 64.0 cm³/mol. The van der Waals surface area contributed by atoms with Crippen LogP contribution >= 0.6 is 0 Å². The second kappa shape index (κ2) is 6.66. The Morgan fingerprint density at radius 2 is 2.25 bits per heavy atom. The van der Waals surface area contributed by atoms with E-state index in [0.717, 1.165) is 32.5 Å². The quantitative estimate of drug-likeness (QED) is 0.705. The van der Waals surface area contributed by atoms with Crippen LogP contribution in [0.5, 0.6) is 0 Å². The van der Waals surface area contributed by atoms with Gasteiger partial charge in [-0.25, -0.2) is 0 Å². The Labute approximate surface area is 97.4 Å². The highest BCUT2D eigenvalue weighted by Gasteiger charge is 2.25. The lowest BCUT2D eigenvalue weighted by Gasteiger charge is -2.33. The van der Waals surface area contributed by atoms with Crippen LogP contribution in [-0.2, 0) is 9.53 Å². The molecule has 4 nitrogen and oxygen atoms in total. The lowest BCUT2D eigenvalue weighted by atomic mass is 9.97. The Balaban J connectivity index is 2.35. The van der Waals surface area contributed by atoms with E-state index in [1.807, 2.05) is 4.90 Å². The third kappa shape index (κ3) is 3.61. The number of hydrogen-bond donors (Lipinski definition) is 1. The fraction of sp³-hybridized carbons (Fsp3) is 0.750. The highest BCUT2D eigenvalue weighted by Crippen LogP contribution is 2.18. The van der Waals surface area contributed by atoms with Gasteiger partial charge in [0.2, 0.25) is 5.91 Å². The summed E-state index contributed by atoms with van der Waals surface area (Å²) in [6, 6.07) is -0.420. The topological polar surface area (TPSA) is 55.6 Å². The van der Waals surface area contributed by atoms with Crippen LogP contribution in [-0.4, -0.2) is 43.7 Å². The van der Waals surface area contributed by atoms with Gasteiger partial charge in [0, 0.05) is 26.8 Å². The van der Waals surface area contributed by atoms with Crippen LogP contribution in [0.1, 0.15) is 19.3 Å². The number of carbonyl (C=O) groups is 1. The molecule has 1 aliphatic rings. The van der Waals surface area contributed by atoms with Crippen molar-refractivity contribution in [3.8, 4) is 0 Å². The maximum absolute atomic E-state index is 11.9. The molecule has 1 atom stereocenters. The van der Waals surface area contributed by atoms with Crippen molar-refractivity contribution in [2.24, 2.45) is 11.7 Å². The van der Waals surface area contributed by atoms with Gasteiger partial charge in [-0.05, 0) is 25.2 Å². The standard InChI is InChI=1S/C12H22N2O2/c1-3-4-11(13)12(15)14-7-5-10(6-8-14)9-16-2/h3,10-11H,1,4-9,13H2,2H3. The minimum absolute atomic E-state index is 0.0516. The lowest BCUT2D eigenvalue weighted by molar-refractivity contribution is -0.134. The van der Waals surface area contributed by atoms with Crippen molar-refractivity contribution in [1.29, 1.82) is 0 Å². The average molecular weight is 226 g/mol. The number of piperidine rings is 1. The van der Waals surface area contributed by atoms with Gasteiger partial charge in [0.05, 0.1) is 6.04 Å². The van der Waals surface area contributed by atoms with Crippen molar-refractivity contribution in [2.45, 2.75) is 25.3 Å². The number of methoxy groups -OCH3 is 1. The summed E-state index contributed by atoms with van der Waals surface area (Å²) < 4.78 is 5.12. The van der Waals surface area contributed by atoms with E-state index in [0.29, 0.717) is 12.3 Å². The van der Waals surface area contributed by atoms with E-state index in [2.05, 4.69) is 6.58 Å². The Kier molecular flexibility index (Phi) is 5.49. The van der Waals surface area contributed by atoms with Gasteiger partial charge < -0.3 is 15.4 Å². The first kappa shape index (κ1) is 13.2. The molecule has 0 radical (unpaired) electrons. The van der Waals surface area contributed by atoms with E-state index in [9.17, 15) is 4.79 Å². The number of hydrogen-bond acceptors (Lipinski definition) is 3. The van der Waals surface area contributed by atoms with Crippen LogP contribution in [0, 0.1) is 5.92 Å². The molecular weight excluding hydrogens is 204 g/mol. The predicted octanol–water partition coefficient (Wildman–Crippen LogP) is 0.775. The number of likely N-dealkylation sites (tertiary alicyclic amines) is 1. The smallest absolute Gasteiger partial charge is 0.239 e. The zero-order chi connectivity index (χ0) is 12.0. The molecule has 1 amide bonds. The molecule has 4 heteroatoms. The lowest BCUT2D eigenvalue weighted by Crippen LogP contribution is -2.47. The molecule has 16 heavy (non-hydrogen) atoms. The van der Waals surface area contributed by atoms with Gasteiger partial charge in [-0.2, -0.15) is 0 Å². The number of carbonyl (C=O) groups excluding carboxylic acids is 1. The molecule has 0 aliphatic carbocycles. The molecule has 1 unspecified atom stereocenters. The first-order valence-corrected chi connectivity index (χ1v) is 5.83. The molecule has 1 saturated heterocycles. The van der Waals surface area contributed by atoms with Crippen LogP contribution in [0.4, 0.5) is 0 Å². The SMILES string of the molecule is C=CCC(N)C(=O)N1CCC(COC)CC1. The Bertz CT molecular complexity index is 235. The van der Waals surface area contributed by atoms with Gasteiger partial charge in [-0.3, -0.25) is 4.79 Å². The summed E-state index contributed by atoms with van der Waals surface area (Å²) in [5, 5.41) is 0. The van der Waals surface area contributed by atoms with Crippen LogP contribution in [0.2, 0.25) is 0 Å². The number of rotatable bonds is 5. The fourth-order valence-corrected chi connectivity index (χ4v) is 2.07. The van der Waals surface area contributed by atoms with Crippen molar-refractivity contribution in [2.75, 3.05) is 26.8 Å². The minimum Gasteiger partial charge on any atom is -0.384 e. The van der Waals surface area contributed by atoms with E-state index in [-0.39, 0.29) is 5.91 Å². The Morgan fingerprint density at radius 3 is 2.75 bits per heavy atom. The minimum atomic E-state index is -0.420. The molecule has 1 heterocycles. The van der Waals surface area contributed by atoms with Crippen LogP contribution in [0.15, 0.2) is 12.7 Å². The maximum atomic E-state index is 11.9. The normalized spacial score (nSPS) is 19.5. The highest BCUT2D eigenvalue weighted by atomic mass is 16.5. The molecule has 1 fully saturated rings. The van der Waals surface area contributed by atoms with E-state index < -0.39 is 6.04 Å². The Hall–Kier alpha value is -0.870. The van der Waals surface area contributed by atoms with E-state index >= 15 is 0 Å². The van der Waals surface area contributed by atoms with Gasteiger partial charge in [0.25, 0.3) is 0 Å². The summed E-state index contributed by atoms with van der Waals surface area (Å²) in [6.45, 7) is 6.00. The summed E-state index contributed by atoms with van der Waals surface area (Å²) >= 11 is 0. The van der Waals surface area contributed by atoms with Crippen molar-refractivity contribution >= 4 is 5.91 Å². The molecule has 0 aromatic carbocycles. The molecular formula is C12H22N2O2. The summed E-state index contributed by atoms with van der Waals surface area (Å²) in [6.07, 6.45) is 4.28. The van der Waals surface area contributed by atoms with Gasteiger partial charge in [-0.15, -0.1) is 6.58 Å². The summed E-state index contributed by atoms with van der Waals surface area (Å²) in [5.74, 6) is 0.639. The van der Waals surface area contributed by atoms with Crippen LogP contribution in [0.25, 0.3) is 0 Å². The second-order valence-electron chi connectivity index (χ2n) is 4.35. The van der Waals surface area contributed by atoms with Gasteiger partial charge >= 0.3 is 0 Å². The van der Waals surface area contributed by atoms with E-state index in [1.165, 1.54) is 0 Å². The Morgan fingerprint density at radius 1 is 1.62 bits per heavy atom. The van der Waals surface area contributed by atoms with E-state index in [4.69, 9.17) is 10.5 Å². The van der Waals surface area contributed by atoms with Crippen molar-refractivity contribution < 1.29 is 9.53 Å². The van der Waals surface area contributed by atoms with Crippen molar-refractivity contribution in [3.05, 3.63) is 12.7 Å². The molecule has 0 saturated carbocycles. The maximum Gasteiger partial charge on any atom is 0.239 e. The zero-order valence-corrected chi connectivity index (χ0v) is 10.0. The largest absolute Gasteiger partial charge is 0.384 e. The van der Waals surface area contributed by atoms with Crippen LogP contribution in [0.3, 0.4) is 0 Å². The molecule has 92 valence electrons. The first-order valence-electron chi connectivity index (χ1n) is 5.83. The third-order valence-electron chi connectivity index (χ3n) is 3.07. The molecule has 0 spiro atoms. The number of amides is 1. The summed E-state index contributed by atoms with van der Waals surface area (Å²) in [7, 11) is 1.72. The summed E-state index contributed by atoms with van der Waals surface area (Å²) in [4.78, 5) is 13.7. The number of nitrogens with two attached hydrogens (primary N) is 1. The fourth-order valence-electron chi connectivity index (χ4n) is 2.07. The average Bonchev–Trinajstić information content (AvgIpc) is 2.30. The highest BCUT2D eigenvalue weighted by molar-refractivity contribution is 5.81. The van der Waals surface area contributed by atoms with Gasteiger partial charge in [0.15, 0.2) is 0 Å². The molecule has 2 N–H and O–H groups in total. The van der Waals surface area contributed by atoms with Gasteiger partial charge in [0.1, 0.15) is 0 Å². The first-order chi connectivity index (χ1) is 7.69. The molecule has 0 aromatic heterocycles. The number of nitrogens with zero attached hydrogens (tertiary/aromatic N) is 1.